The van der Waals surface area contributed by atoms with Crippen LogP contribution in [0.2, 0.25) is 10.0 Å². The molecule has 0 aliphatic heterocycles. The van der Waals surface area contributed by atoms with Gasteiger partial charge in [-0.25, -0.2) is 9.82 Å². The van der Waals surface area contributed by atoms with E-state index in [4.69, 9.17) is 23.2 Å². The zero-order valence-electron chi connectivity index (χ0n) is 10.1. The summed E-state index contributed by atoms with van der Waals surface area (Å²) in [6.07, 6.45) is 1.33. The molecule has 20 heavy (non-hydrogen) atoms. The van der Waals surface area contributed by atoms with Crippen LogP contribution in [0.4, 0.5) is 4.39 Å². The Balaban J connectivity index is 2.07. The van der Waals surface area contributed by atoms with Crippen molar-refractivity contribution in [1.82, 2.24) is 5.43 Å². The maximum absolute atomic E-state index is 12.9. The van der Waals surface area contributed by atoms with Gasteiger partial charge in [-0.15, -0.1) is 0 Å². The average Bonchev–Trinajstić information content (AvgIpc) is 2.41. The number of amides is 1. The fraction of sp³-hybridized carbons (Fsp3) is 0. The van der Waals surface area contributed by atoms with Crippen LogP contribution in [0.1, 0.15) is 15.9 Å². The summed E-state index contributed by atoms with van der Waals surface area (Å²) in [5.74, 6) is -0.877. The van der Waals surface area contributed by atoms with Crippen molar-refractivity contribution in [3.8, 4) is 0 Å². The summed E-state index contributed by atoms with van der Waals surface area (Å²) in [5, 5.41) is 4.30. The summed E-state index contributed by atoms with van der Waals surface area (Å²) in [5.41, 5.74) is 3.13. The molecule has 102 valence electrons. The summed E-state index contributed by atoms with van der Waals surface area (Å²) in [7, 11) is 0. The first kappa shape index (κ1) is 14.5. The van der Waals surface area contributed by atoms with Crippen LogP contribution in [0, 0.1) is 5.82 Å². The van der Waals surface area contributed by atoms with E-state index in [2.05, 4.69) is 10.5 Å². The highest BCUT2D eigenvalue weighted by Gasteiger charge is 2.07. The fourth-order valence-corrected chi connectivity index (χ4v) is 1.91. The van der Waals surface area contributed by atoms with Crippen molar-refractivity contribution >= 4 is 35.3 Å². The molecule has 1 N–H and O–H groups in total. The molecule has 0 aromatic heterocycles. The number of hydrazone groups is 1. The van der Waals surface area contributed by atoms with E-state index in [1.54, 1.807) is 24.3 Å². The van der Waals surface area contributed by atoms with Crippen LogP contribution < -0.4 is 5.43 Å². The molecular weight excluding hydrogens is 302 g/mol. The van der Waals surface area contributed by atoms with E-state index in [0.29, 0.717) is 16.1 Å². The third-order valence-electron chi connectivity index (χ3n) is 2.45. The van der Waals surface area contributed by atoms with E-state index in [1.807, 2.05) is 0 Å². The van der Waals surface area contributed by atoms with Crippen molar-refractivity contribution in [2.45, 2.75) is 0 Å². The van der Waals surface area contributed by atoms with Crippen LogP contribution in [-0.4, -0.2) is 12.1 Å². The molecule has 0 unspecified atom stereocenters. The number of rotatable bonds is 3. The minimum atomic E-state index is -0.440. The largest absolute Gasteiger partial charge is 0.272 e. The molecule has 0 atom stereocenters. The van der Waals surface area contributed by atoms with Gasteiger partial charge in [-0.05, 0) is 30.3 Å². The van der Waals surface area contributed by atoms with Gasteiger partial charge in [0.05, 0.1) is 21.8 Å². The standard InChI is InChI=1S/C14H9Cl2FN2O/c15-12-4-2-1-3-11(12)14(20)19-18-8-9-5-6-10(17)7-13(9)16/h1-8H,(H,19,20). The van der Waals surface area contributed by atoms with E-state index in [-0.39, 0.29) is 5.02 Å². The Kier molecular flexibility index (Phi) is 4.71. The van der Waals surface area contributed by atoms with Crippen molar-refractivity contribution in [2.24, 2.45) is 5.10 Å². The Morgan fingerprint density at radius 1 is 1.15 bits per heavy atom. The lowest BCUT2D eigenvalue weighted by Gasteiger charge is -2.02. The topological polar surface area (TPSA) is 41.5 Å². The summed E-state index contributed by atoms with van der Waals surface area (Å²) in [6, 6.07) is 10.5. The quantitative estimate of drug-likeness (QED) is 0.678. The van der Waals surface area contributed by atoms with Crippen molar-refractivity contribution in [1.29, 1.82) is 0 Å². The average molecular weight is 311 g/mol. The molecule has 0 aliphatic carbocycles. The molecule has 0 spiro atoms. The second-order valence-electron chi connectivity index (χ2n) is 3.84. The maximum atomic E-state index is 12.9. The summed E-state index contributed by atoms with van der Waals surface area (Å²) >= 11 is 11.7. The molecule has 2 aromatic carbocycles. The molecule has 0 radical (unpaired) electrons. The zero-order valence-corrected chi connectivity index (χ0v) is 11.6. The zero-order chi connectivity index (χ0) is 14.5. The Bertz CT molecular complexity index is 674. The van der Waals surface area contributed by atoms with Crippen LogP contribution >= 0.6 is 23.2 Å². The second-order valence-corrected chi connectivity index (χ2v) is 4.66. The molecule has 0 heterocycles. The monoisotopic (exact) mass is 310 g/mol. The van der Waals surface area contributed by atoms with Crippen molar-refractivity contribution < 1.29 is 9.18 Å². The molecule has 0 aliphatic rings. The highest BCUT2D eigenvalue weighted by atomic mass is 35.5. The number of carbonyl (C=O) groups excluding carboxylic acids is 1. The van der Waals surface area contributed by atoms with E-state index < -0.39 is 11.7 Å². The number of hydrogen-bond donors (Lipinski definition) is 1. The van der Waals surface area contributed by atoms with Crippen molar-refractivity contribution in [3.05, 3.63) is 69.5 Å². The number of hydrogen-bond acceptors (Lipinski definition) is 2. The van der Waals surface area contributed by atoms with Crippen LogP contribution in [0.15, 0.2) is 47.6 Å². The Labute approximate surface area is 125 Å². The van der Waals surface area contributed by atoms with E-state index >= 15 is 0 Å². The van der Waals surface area contributed by atoms with Gasteiger partial charge in [0.1, 0.15) is 5.82 Å². The third kappa shape index (κ3) is 3.56. The van der Waals surface area contributed by atoms with Crippen LogP contribution in [0.3, 0.4) is 0 Å². The Morgan fingerprint density at radius 2 is 1.90 bits per heavy atom. The highest BCUT2D eigenvalue weighted by molar-refractivity contribution is 6.34. The molecular formula is C14H9Cl2FN2O. The molecule has 6 heteroatoms. The first-order valence-corrected chi connectivity index (χ1v) is 6.36. The maximum Gasteiger partial charge on any atom is 0.272 e. The summed E-state index contributed by atoms with van der Waals surface area (Å²) in [4.78, 5) is 11.8. The number of halogens is 3. The fourth-order valence-electron chi connectivity index (χ4n) is 1.47. The van der Waals surface area contributed by atoms with Gasteiger partial charge in [0.15, 0.2) is 0 Å². The predicted octanol–water partition coefficient (Wildman–Crippen LogP) is 3.90. The molecule has 0 bridgehead atoms. The minimum Gasteiger partial charge on any atom is -0.267 e. The lowest BCUT2D eigenvalue weighted by atomic mass is 10.2. The highest BCUT2D eigenvalue weighted by Crippen LogP contribution is 2.16. The second kappa shape index (κ2) is 6.50. The molecule has 1 amide bonds. The molecule has 0 saturated heterocycles. The molecule has 3 nitrogen and oxygen atoms in total. The van der Waals surface area contributed by atoms with E-state index in [9.17, 15) is 9.18 Å². The lowest BCUT2D eigenvalue weighted by molar-refractivity contribution is 0.0955. The Hall–Kier alpha value is -1.91. The number of nitrogens with one attached hydrogen (secondary N) is 1. The molecule has 2 aromatic rings. The number of benzene rings is 2. The van der Waals surface area contributed by atoms with E-state index in [0.717, 1.165) is 0 Å². The predicted molar refractivity (Wildman–Crippen MR) is 77.9 cm³/mol. The summed E-state index contributed by atoms with van der Waals surface area (Å²) < 4.78 is 12.9. The van der Waals surface area contributed by atoms with Crippen LogP contribution in [0.5, 0.6) is 0 Å². The van der Waals surface area contributed by atoms with Gasteiger partial charge in [-0.3, -0.25) is 4.79 Å². The van der Waals surface area contributed by atoms with Crippen LogP contribution in [-0.2, 0) is 0 Å². The molecule has 0 fully saturated rings. The van der Waals surface area contributed by atoms with Crippen molar-refractivity contribution in [3.63, 3.8) is 0 Å². The third-order valence-corrected chi connectivity index (χ3v) is 3.11. The number of nitrogens with zero attached hydrogens (tertiary/aromatic N) is 1. The summed E-state index contributed by atoms with van der Waals surface area (Å²) in [6.45, 7) is 0. The molecule has 2 rings (SSSR count). The van der Waals surface area contributed by atoms with Crippen molar-refractivity contribution in [2.75, 3.05) is 0 Å². The van der Waals surface area contributed by atoms with Gasteiger partial charge in [0.25, 0.3) is 5.91 Å². The van der Waals surface area contributed by atoms with Gasteiger partial charge in [0, 0.05) is 5.56 Å². The van der Waals surface area contributed by atoms with E-state index in [1.165, 1.54) is 24.4 Å². The number of carbonyl (C=O) groups is 1. The van der Waals surface area contributed by atoms with Gasteiger partial charge >= 0.3 is 0 Å². The first-order valence-electron chi connectivity index (χ1n) is 5.61. The van der Waals surface area contributed by atoms with Crippen LogP contribution in [0.25, 0.3) is 0 Å². The van der Waals surface area contributed by atoms with Gasteiger partial charge in [-0.2, -0.15) is 5.10 Å². The van der Waals surface area contributed by atoms with Gasteiger partial charge < -0.3 is 0 Å². The minimum absolute atomic E-state index is 0.209. The smallest absolute Gasteiger partial charge is 0.267 e. The normalized spacial score (nSPS) is 10.8. The first-order chi connectivity index (χ1) is 9.58. The molecule has 0 saturated carbocycles. The van der Waals surface area contributed by atoms with Gasteiger partial charge in [-0.1, -0.05) is 35.3 Å². The Morgan fingerprint density at radius 3 is 2.60 bits per heavy atom. The SMILES string of the molecule is O=C(NN=Cc1ccc(F)cc1Cl)c1ccccc1Cl. The lowest BCUT2D eigenvalue weighted by Crippen LogP contribution is -2.17. The van der Waals surface area contributed by atoms with Gasteiger partial charge in [0.2, 0.25) is 0 Å².